The Labute approximate surface area is 157 Å². The maximum atomic E-state index is 3.74. The quantitative estimate of drug-likeness (QED) is 0.507. The summed E-state index contributed by atoms with van der Waals surface area (Å²) in [5.74, 6) is 4.78. The molecule has 0 saturated heterocycles. The van der Waals surface area contributed by atoms with Crippen LogP contribution in [0.4, 0.5) is 0 Å². The molecule has 0 spiro atoms. The van der Waals surface area contributed by atoms with E-state index in [4.69, 9.17) is 0 Å². The van der Waals surface area contributed by atoms with Crippen LogP contribution in [0.5, 0.6) is 0 Å². The molecule has 0 bridgehead atoms. The van der Waals surface area contributed by atoms with Crippen LogP contribution in [-0.2, 0) is 26.2 Å². The summed E-state index contributed by atoms with van der Waals surface area (Å²) in [5.41, 5.74) is 0. The molecule has 5 heteroatoms. The van der Waals surface area contributed by atoms with Crippen LogP contribution < -0.4 is 4.40 Å². The van der Waals surface area contributed by atoms with E-state index < -0.39 is 14.3 Å². The molecular formula is C16H35GeN3Zr. The van der Waals surface area contributed by atoms with Gasteiger partial charge >= 0.3 is 80.7 Å². The van der Waals surface area contributed by atoms with E-state index in [-0.39, 0.29) is 26.2 Å². The maximum Gasteiger partial charge on any atom is 4.00 e. The fourth-order valence-electron chi connectivity index (χ4n) is 0.774. The molecule has 0 aromatic heterocycles. The van der Waals surface area contributed by atoms with E-state index in [1.54, 1.807) is 25.5 Å². The van der Waals surface area contributed by atoms with Gasteiger partial charge in [-0.2, -0.15) is 40.8 Å². The van der Waals surface area contributed by atoms with Gasteiger partial charge in [-0.3, -0.25) is 0 Å². The smallest absolute Gasteiger partial charge is 4.00 e. The van der Waals surface area contributed by atoms with Gasteiger partial charge in [-0.15, -0.1) is 0 Å². The first-order chi connectivity index (χ1) is 9.55. The van der Waals surface area contributed by atoms with Crippen molar-refractivity contribution in [2.75, 3.05) is 40.8 Å². The molecule has 1 aromatic carbocycles. The van der Waals surface area contributed by atoms with Crippen molar-refractivity contribution in [3.8, 4) is 0 Å². The van der Waals surface area contributed by atoms with Gasteiger partial charge in [-0.25, -0.2) is 0 Å². The monoisotopic (exact) mass is 433 g/mol. The molecule has 0 atom stereocenters. The topological polar surface area (TPSA) is 42.3 Å². The summed E-state index contributed by atoms with van der Waals surface area (Å²) in [5, 5.41) is 11.2. The van der Waals surface area contributed by atoms with Crippen molar-refractivity contribution in [3.05, 3.63) is 40.2 Å². The molecule has 122 valence electrons. The summed E-state index contributed by atoms with van der Waals surface area (Å²) in [6.45, 7) is 8.88. The van der Waals surface area contributed by atoms with Gasteiger partial charge in [0.1, 0.15) is 0 Å². The summed E-state index contributed by atoms with van der Waals surface area (Å²) in [6, 6.07) is 8.73. The molecule has 1 aromatic rings. The second-order valence-electron chi connectivity index (χ2n) is 4.27. The Morgan fingerprint density at radius 1 is 0.762 bits per heavy atom. The molecule has 0 aliphatic carbocycles. The molecule has 3 nitrogen and oxygen atoms in total. The van der Waals surface area contributed by atoms with E-state index >= 15 is 0 Å². The van der Waals surface area contributed by atoms with Crippen LogP contribution in [0.25, 0.3) is 16.0 Å². The molecule has 0 fully saturated rings. The van der Waals surface area contributed by atoms with E-state index in [1.165, 1.54) is 0 Å². The number of nitrogens with zero attached hydrogens (tertiary/aromatic N) is 3. The third-order valence-electron chi connectivity index (χ3n) is 2.30. The molecular weight excluding hydrogens is 398 g/mol. The zero-order valence-corrected chi connectivity index (χ0v) is 20.2. The van der Waals surface area contributed by atoms with Crippen LogP contribution in [0.3, 0.4) is 0 Å². The predicted octanol–water partition coefficient (Wildman–Crippen LogP) is 4.13. The Morgan fingerprint density at radius 3 is 1.10 bits per heavy atom. The largest absolute Gasteiger partial charge is 4.00 e. The summed E-state index contributed by atoms with van der Waals surface area (Å²) in [6.07, 6.45) is 0. The maximum absolute atomic E-state index is 3.74. The molecule has 0 radical (unpaired) electrons. The Hall–Kier alpha value is 0.656. The summed E-state index contributed by atoms with van der Waals surface area (Å²) < 4.78 is 1.62. The van der Waals surface area contributed by atoms with Crippen LogP contribution >= 0.6 is 0 Å². The first kappa shape index (κ1) is 29.6. The first-order valence-electron chi connectivity index (χ1n) is 7.43. The molecule has 0 N–H and O–H groups in total. The molecule has 21 heavy (non-hydrogen) atoms. The zero-order valence-electron chi connectivity index (χ0n) is 15.3. The second kappa shape index (κ2) is 28.8. The van der Waals surface area contributed by atoms with Crippen molar-refractivity contribution in [3.63, 3.8) is 0 Å². The molecule has 0 unspecified atom stereocenters. The van der Waals surface area contributed by atoms with Crippen LogP contribution in [0.2, 0.25) is 11.5 Å². The molecule has 0 aliphatic heterocycles. The summed E-state index contributed by atoms with van der Waals surface area (Å²) >= 11 is -0.888. The van der Waals surface area contributed by atoms with Gasteiger partial charge < -0.3 is 16.0 Å². The molecule has 0 amide bonds. The number of rotatable bonds is 4. The van der Waals surface area contributed by atoms with Crippen molar-refractivity contribution in [2.24, 2.45) is 0 Å². The predicted molar refractivity (Wildman–Crippen MR) is 100 cm³/mol. The van der Waals surface area contributed by atoms with E-state index in [0.29, 0.717) is 0 Å². The van der Waals surface area contributed by atoms with Crippen LogP contribution in [0.1, 0.15) is 20.8 Å². The first-order valence-corrected chi connectivity index (χ1v) is 13.5. The standard InChI is InChI=1S/C7H11Ge.3C3H8N.Zr/c1-8(2)7-5-3-4-6-7;3*1-3-4-2;/h3-6,8H,1-2H3;3*3H2,1-2H3;/q4*-1;+4. The molecule has 0 heterocycles. The average Bonchev–Trinajstić information content (AvgIpc) is 3.02. The molecule has 1 rings (SSSR count). The van der Waals surface area contributed by atoms with Crippen molar-refractivity contribution < 1.29 is 26.2 Å². The second-order valence-corrected chi connectivity index (χ2v) is 10.5. The Balaban J connectivity index is -0.0000000973. The van der Waals surface area contributed by atoms with Crippen LogP contribution in [-0.4, -0.2) is 55.1 Å². The van der Waals surface area contributed by atoms with E-state index in [1.807, 2.05) is 20.8 Å². The van der Waals surface area contributed by atoms with E-state index in [0.717, 1.165) is 19.6 Å². The van der Waals surface area contributed by atoms with Gasteiger partial charge in [-0.1, -0.05) is 20.8 Å². The normalized spacial score (nSPS) is 8.24. The molecule has 0 aliphatic rings. The van der Waals surface area contributed by atoms with Gasteiger partial charge in [0.15, 0.2) is 0 Å². The van der Waals surface area contributed by atoms with E-state index in [2.05, 4.69) is 51.7 Å². The Bertz CT molecular complexity index is 214. The molecule has 0 saturated carbocycles. The third-order valence-corrected chi connectivity index (χ3v) is 5.91. The minimum atomic E-state index is -0.888. The van der Waals surface area contributed by atoms with Crippen molar-refractivity contribution in [1.29, 1.82) is 0 Å². The van der Waals surface area contributed by atoms with Gasteiger partial charge in [0, 0.05) is 0 Å². The zero-order chi connectivity index (χ0) is 16.2. The number of hydrogen-bond donors (Lipinski definition) is 0. The third kappa shape index (κ3) is 33.5. The number of hydrogen-bond acceptors (Lipinski definition) is 0. The van der Waals surface area contributed by atoms with Crippen molar-refractivity contribution in [1.82, 2.24) is 0 Å². The Kier molecular flexibility index (Phi) is 40.6. The van der Waals surface area contributed by atoms with Crippen LogP contribution in [0.15, 0.2) is 24.3 Å². The van der Waals surface area contributed by atoms with Crippen molar-refractivity contribution in [2.45, 2.75) is 32.3 Å². The SMILES string of the molecule is CC[N-]C.CC[N-]C.CC[N-]C.[CH3][GeH]([CH3])[c-]1cccc1.[Zr+4]. The Morgan fingerprint density at radius 2 is 1.00 bits per heavy atom. The van der Waals surface area contributed by atoms with Gasteiger partial charge in [0.05, 0.1) is 0 Å². The van der Waals surface area contributed by atoms with Crippen LogP contribution in [0, 0.1) is 0 Å². The van der Waals surface area contributed by atoms with Gasteiger partial charge in [0.2, 0.25) is 0 Å². The van der Waals surface area contributed by atoms with Gasteiger partial charge in [0.25, 0.3) is 0 Å². The van der Waals surface area contributed by atoms with E-state index in [9.17, 15) is 0 Å². The van der Waals surface area contributed by atoms with Crippen molar-refractivity contribution >= 4 is 18.7 Å². The summed E-state index contributed by atoms with van der Waals surface area (Å²) in [7, 11) is 5.42. The minimum Gasteiger partial charge on any atom is 4.00 e. The minimum absolute atomic E-state index is 0. The fraction of sp³-hybridized carbons (Fsp3) is 0.688. The average molecular weight is 433 g/mol. The fourth-order valence-corrected chi connectivity index (χ4v) is 2.86. The van der Waals surface area contributed by atoms with Gasteiger partial charge in [-0.05, 0) is 0 Å². The summed E-state index contributed by atoms with van der Waals surface area (Å²) in [4.78, 5) is 0.